The Kier molecular flexibility index (Phi) is 5.65. The Morgan fingerprint density at radius 2 is 1.12 bits per heavy atom. The molecule has 1 aliphatic rings. The van der Waals surface area contributed by atoms with Crippen LogP contribution in [0.25, 0.3) is 5.57 Å². The molecule has 0 N–H and O–H groups in total. The van der Waals surface area contributed by atoms with Crippen molar-refractivity contribution in [3.63, 3.8) is 0 Å². The van der Waals surface area contributed by atoms with Gasteiger partial charge < -0.3 is 4.90 Å². The van der Waals surface area contributed by atoms with E-state index >= 15 is 0 Å². The van der Waals surface area contributed by atoms with Crippen LogP contribution in [0.2, 0.25) is 0 Å². The van der Waals surface area contributed by atoms with Crippen LogP contribution in [0.1, 0.15) is 55.5 Å². The lowest BCUT2D eigenvalue weighted by Gasteiger charge is -2.44. The van der Waals surface area contributed by atoms with Gasteiger partial charge in [-0.2, -0.15) is 0 Å². The Balaban J connectivity index is 1.86. The van der Waals surface area contributed by atoms with Gasteiger partial charge in [-0.25, -0.2) is 0 Å². The molecule has 0 aromatic heterocycles. The van der Waals surface area contributed by atoms with Gasteiger partial charge in [-0.15, -0.1) is 0 Å². The maximum absolute atomic E-state index is 2.51. The minimum atomic E-state index is -0.414. The molecule has 1 heterocycles. The van der Waals surface area contributed by atoms with Gasteiger partial charge in [0.25, 0.3) is 0 Å². The fourth-order valence-electron chi connectivity index (χ4n) is 5.96. The second-order valence-corrected chi connectivity index (χ2v) is 9.81. The van der Waals surface area contributed by atoms with E-state index in [0.717, 1.165) is 6.54 Å². The summed E-state index contributed by atoms with van der Waals surface area (Å²) in [5.74, 6) is 0. The molecule has 1 nitrogen and oxygen atoms in total. The highest BCUT2D eigenvalue weighted by Crippen LogP contribution is 2.48. The molecule has 0 saturated heterocycles. The standard InChI is InChI=1S/C33H33N/c1-5-34-31-22-21-29(23-30(31)25(2)24-32(34,3)4)33(26-15-9-6-10-16-26,27-17-11-7-12-18-27)28-19-13-8-14-20-28/h6-24H,5H2,1-4H3. The van der Waals surface area contributed by atoms with E-state index in [-0.39, 0.29) is 5.54 Å². The van der Waals surface area contributed by atoms with Crippen molar-refractivity contribution >= 4 is 11.3 Å². The van der Waals surface area contributed by atoms with Crippen molar-refractivity contribution in [2.45, 2.75) is 38.6 Å². The van der Waals surface area contributed by atoms with Gasteiger partial charge >= 0.3 is 0 Å². The largest absolute Gasteiger partial charge is 0.363 e. The average molecular weight is 444 g/mol. The fourth-order valence-corrected chi connectivity index (χ4v) is 5.96. The molecule has 34 heavy (non-hydrogen) atoms. The van der Waals surface area contributed by atoms with Gasteiger partial charge in [0, 0.05) is 17.8 Å². The Morgan fingerprint density at radius 1 is 0.647 bits per heavy atom. The number of anilines is 1. The smallest absolute Gasteiger partial charge is 0.0701 e. The number of hydrogen-bond acceptors (Lipinski definition) is 1. The monoisotopic (exact) mass is 443 g/mol. The van der Waals surface area contributed by atoms with Crippen molar-refractivity contribution in [2.24, 2.45) is 0 Å². The van der Waals surface area contributed by atoms with E-state index in [0.29, 0.717) is 0 Å². The second kappa shape index (κ2) is 8.65. The molecule has 0 radical (unpaired) electrons. The van der Waals surface area contributed by atoms with Crippen molar-refractivity contribution in [3.8, 4) is 0 Å². The highest BCUT2D eigenvalue weighted by atomic mass is 15.2. The molecule has 1 heteroatoms. The van der Waals surface area contributed by atoms with Gasteiger partial charge in [-0.1, -0.05) is 103 Å². The molecule has 0 aliphatic carbocycles. The molecule has 0 saturated carbocycles. The fraction of sp³-hybridized carbons (Fsp3) is 0.212. The third-order valence-electron chi connectivity index (χ3n) is 7.35. The number of likely N-dealkylation sites (N-methyl/N-ethyl adjacent to an activating group) is 1. The average Bonchev–Trinajstić information content (AvgIpc) is 2.86. The van der Waals surface area contributed by atoms with Crippen LogP contribution in [0.5, 0.6) is 0 Å². The van der Waals surface area contributed by atoms with Gasteiger partial charge in [0.2, 0.25) is 0 Å². The van der Waals surface area contributed by atoms with E-state index in [1.54, 1.807) is 0 Å². The zero-order chi connectivity index (χ0) is 23.8. The van der Waals surface area contributed by atoms with E-state index in [1.165, 1.54) is 39.1 Å². The van der Waals surface area contributed by atoms with Crippen molar-refractivity contribution < 1.29 is 0 Å². The van der Waals surface area contributed by atoms with Crippen LogP contribution in [0, 0.1) is 0 Å². The normalized spacial score (nSPS) is 14.9. The van der Waals surface area contributed by atoms with Gasteiger partial charge in [0.05, 0.1) is 11.0 Å². The predicted octanol–water partition coefficient (Wildman–Crippen LogP) is 8.09. The molecule has 5 rings (SSSR count). The van der Waals surface area contributed by atoms with E-state index in [9.17, 15) is 0 Å². The topological polar surface area (TPSA) is 3.24 Å². The molecule has 0 atom stereocenters. The first-order valence-corrected chi connectivity index (χ1v) is 12.3. The van der Waals surface area contributed by atoms with Crippen LogP contribution in [0.4, 0.5) is 5.69 Å². The van der Waals surface area contributed by atoms with Crippen LogP contribution in [-0.2, 0) is 5.41 Å². The molecule has 170 valence electrons. The number of benzene rings is 4. The van der Waals surface area contributed by atoms with Crippen molar-refractivity contribution in [3.05, 3.63) is 143 Å². The lowest BCUT2D eigenvalue weighted by Crippen LogP contribution is -2.45. The first-order valence-electron chi connectivity index (χ1n) is 12.3. The zero-order valence-electron chi connectivity index (χ0n) is 20.6. The number of fused-ring (bicyclic) bond motifs is 1. The summed E-state index contributed by atoms with van der Waals surface area (Å²) in [6, 6.07) is 40.0. The van der Waals surface area contributed by atoms with E-state index < -0.39 is 5.41 Å². The summed E-state index contributed by atoms with van der Waals surface area (Å²) in [6.07, 6.45) is 2.41. The SMILES string of the molecule is CCN1c2ccc(C(c3ccccc3)(c3ccccc3)c3ccccc3)cc2C(C)=CC1(C)C. The molecule has 0 unspecified atom stereocenters. The summed E-state index contributed by atoms with van der Waals surface area (Å²) in [7, 11) is 0. The molecular weight excluding hydrogens is 410 g/mol. The quantitative estimate of drug-likeness (QED) is 0.282. The van der Waals surface area contributed by atoms with Gasteiger partial charge in [0.1, 0.15) is 0 Å². The van der Waals surface area contributed by atoms with Crippen molar-refractivity contribution in [1.82, 2.24) is 0 Å². The van der Waals surface area contributed by atoms with E-state index in [2.05, 4.69) is 148 Å². The van der Waals surface area contributed by atoms with E-state index in [1.807, 2.05) is 0 Å². The van der Waals surface area contributed by atoms with Crippen molar-refractivity contribution in [2.75, 3.05) is 11.4 Å². The third-order valence-corrected chi connectivity index (χ3v) is 7.35. The highest BCUT2D eigenvalue weighted by Gasteiger charge is 2.39. The summed E-state index contributed by atoms with van der Waals surface area (Å²) in [6.45, 7) is 10.1. The summed E-state index contributed by atoms with van der Waals surface area (Å²) < 4.78 is 0. The molecule has 4 aromatic carbocycles. The summed E-state index contributed by atoms with van der Waals surface area (Å²) in [4.78, 5) is 2.51. The zero-order valence-corrected chi connectivity index (χ0v) is 20.6. The van der Waals surface area contributed by atoms with Crippen LogP contribution < -0.4 is 4.90 Å². The van der Waals surface area contributed by atoms with E-state index in [4.69, 9.17) is 0 Å². The van der Waals surface area contributed by atoms with Crippen LogP contribution in [-0.4, -0.2) is 12.1 Å². The minimum absolute atomic E-state index is 0.00271. The number of allylic oxidation sites excluding steroid dienone is 1. The van der Waals surface area contributed by atoms with Crippen LogP contribution in [0.3, 0.4) is 0 Å². The maximum Gasteiger partial charge on any atom is 0.0701 e. The predicted molar refractivity (Wildman–Crippen MR) is 146 cm³/mol. The van der Waals surface area contributed by atoms with Crippen LogP contribution >= 0.6 is 0 Å². The Labute approximate surface area is 204 Å². The number of nitrogens with zero attached hydrogens (tertiary/aromatic N) is 1. The maximum atomic E-state index is 2.51. The molecule has 1 aliphatic heterocycles. The summed E-state index contributed by atoms with van der Waals surface area (Å²) in [5, 5.41) is 0. The molecular formula is C33H33N. The molecule has 0 bridgehead atoms. The van der Waals surface area contributed by atoms with Gasteiger partial charge in [-0.05, 0) is 67.7 Å². The Morgan fingerprint density at radius 3 is 1.56 bits per heavy atom. The molecule has 0 amide bonds. The second-order valence-electron chi connectivity index (χ2n) is 9.81. The number of hydrogen-bond donors (Lipinski definition) is 0. The minimum Gasteiger partial charge on any atom is -0.363 e. The van der Waals surface area contributed by atoms with Crippen molar-refractivity contribution in [1.29, 1.82) is 0 Å². The molecule has 0 fully saturated rings. The first kappa shape index (κ1) is 22.2. The lowest BCUT2D eigenvalue weighted by molar-refractivity contribution is 0.566. The molecule has 4 aromatic rings. The van der Waals surface area contributed by atoms with Crippen LogP contribution in [0.15, 0.2) is 115 Å². The highest BCUT2D eigenvalue weighted by molar-refractivity contribution is 5.82. The summed E-state index contributed by atoms with van der Waals surface area (Å²) in [5.41, 5.74) is 8.69. The van der Waals surface area contributed by atoms with Gasteiger partial charge in [0.15, 0.2) is 0 Å². The summed E-state index contributed by atoms with van der Waals surface area (Å²) >= 11 is 0. The third kappa shape index (κ3) is 3.47. The molecule has 0 spiro atoms. The Hall–Kier alpha value is -3.58. The number of rotatable bonds is 5. The first-order chi connectivity index (χ1) is 16.5. The Bertz CT molecular complexity index is 1200. The lowest BCUT2D eigenvalue weighted by atomic mass is 9.64. The van der Waals surface area contributed by atoms with Gasteiger partial charge in [-0.3, -0.25) is 0 Å².